The molecule has 3 nitrogen and oxygen atoms in total. The van der Waals surface area contributed by atoms with E-state index in [1.165, 1.54) is 0 Å². The first-order chi connectivity index (χ1) is 5.85. The second-order valence-corrected chi connectivity index (χ2v) is 4.54. The SMILES string of the molecule is CC(=O)CC1C(CC(=O)O)C1(C)C. The molecule has 1 saturated carbocycles. The lowest BCUT2D eigenvalue weighted by Gasteiger charge is -1.99. The Morgan fingerprint density at radius 2 is 1.69 bits per heavy atom. The number of aliphatic carboxylic acids is 1. The summed E-state index contributed by atoms with van der Waals surface area (Å²) in [6, 6.07) is 0. The molecule has 0 heterocycles. The van der Waals surface area contributed by atoms with Crippen LogP contribution >= 0.6 is 0 Å². The molecule has 3 heteroatoms. The van der Waals surface area contributed by atoms with Gasteiger partial charge < -0.3 is 9.90 Å². The van der Waals surface area contributed by atoms with Gasteiger partial charge in [-0.3, -0.25) is 4.79 Å². The summed E-state index contributed by atoms with van der Waals surface area (Å²) in [6.07, 6.45) is 0.732. The monoisotopic (exact) mass is 184 g/mol. The molecule has 2 atom stereocenters. The summed E-state index contributed by atoms with van der Waals surface area (Å²) in [5.41, 5.74) is 0.0457. The van der Waals surface area contributed by atoms with Crippen LogP contribution in [0.1, 0.15) is 33.6 Å². The molecule has 1 aliphatic carbocycles. The van der Waals surface area contributed by atoms with E-state index in [-0.39, 0.29) is 29.5 Å². The van der Waals surface area contributed by atoms with Crippen LogP contribution in [-0.2, 0) is 9.59 Å². The molecule has 0 saturated heterocycles. The smallest absolute Gasteiger partial charge is 0.303 e. The van der Waals surface area contributed by atoms with E-state index < -0.39 is 5.97 Å². The molecule has 1 fully saturated rings. The van der Waals surface area contributed by atoms with Crippen molar-refractivity contribution < 1.29 is 14.7 Å². The number of carbonyl (C=O) groups excluding carboxylic acids is 1. The van der Waals surface area contributed by atoms with Crippen LogP contribution in [0.15, 0.2) is 0 Å². The van der Waals surface area contributed by atoms with Crippen LogP contribution in [0.2, 0.25) is 0 Å². The normalized spacial score (nSPS) is 29.8. The zero-order chi connectivity index (χ0) is 10.2. The maximum Gasteiger partial charge on any atom is 0.303 e. The zero-order valence-electron chi connectivity index (χ0n) is 8.33. The molecule has 74 valence electrons. The van der Waals surface area contributed by atoms with Gasteiger partial charge >= 0.3 is 5.97 Å². The molecule has 1 rings (SSSR count). The summed E-state index contributed by atoms with van der Waals surface area (Å²) < 4.78 is 0. The number of carboxylic acid groups (broad SMARTS) is 1. The lowest BCUT2D eigenvalue weighted by atomic mass is 10.1. The number of carbonyl (C=O) groups is 2. The molecule has 0 aliphatic heterocycles. The van der Waals surface area contributed by atoms with Gasteiger partial charge in [0.15, 0.2) is 0 Å². The number of Topliss-reactive ketones (excluding diaryl/α,β-unsaturated/α-hetero) is 1. The zero-order valence-corrected chi connectivity index (χ0v) is 8.33. The van der Waals surface area contributed by atoms with Crippen molar-refractivity contribution in [3.05, 3.63) is 0 Å². The Morgan fingerprint density at radius 1 is 1.23 bits per heavy atom. The third-order valence-electron chi connectivity index (χ3n) is 3.19. The van der Waals surface area contributed by atoms with Gasteiger partial charge in [0.1, 0.15) is 5.78 Å². The van der Waals surface area contributed by atoms with Crippen LogP contribution in [0.3, 0.4) is 0 Å². The van der Waals surface area contributed by atoms with Crippen molar-refractivity contribution in [3.63, 3.8) is 0 Å². The summed E-state index contributed by atoms with van der Waals surface area (Å²) in [6.45, 7) is 5.63. The lowest BCUT2D eigenvalue weighted by Crippen LogP contribution is -1.99. The van der Waals surface area contributed by atoms with Crippen LogP contribution in [-0.4, -0.2) is 16.9 Å². The van der Waals surface area contributed by atoms with Crippen LogP contribution in [0.4, 0.5) is 0 Å². The van der Waals surface area contributed by atoms with Crippen molar-refractivity contribution in [3.8, 4) is 0 Å². The van der Waals surface area contributed by atoms with E-state index in [0.29, 0.717) is 6.42 Å². The number of ketones is 1. The summed E-state index contributed by atoms with van der Waals surface area (Å²) in [7, 11) is 0. The third-order valence-corrected chi connectivity index (χ3v) is 3.19. The Morgan fingerprint density at radius 3 is 2.08 bits per heavy atom. The lowest BCUT2D eigenvalue weighted by molar-refractivity contribution is -0.137. The topological polar surface area (TPSA) is 54.4 Å². The minimum Gasteiger partial charge on any atom is -0.481 e. The fourth-order valence-corrected chi connectivity index (χ4v) is 2.17. The van der Waals surface area contributed by atoms with Crippen LogP contribution < -0.4 is 0 Å². The average Bonchev–Trinajstić information content (AvgIpc) is 2.36. The Bertz CT molecular complexity index is 219. The van der Waals surface area contributed by atoms with Gasteiger partial charge in [-0.15, -0.1) is 0 Å². The van der Waals surface area contributed by atoms with E-state index in [4.69, 9.17) is 5.11 Å². The van der Waals surface area contributed by atoms with Crippen molar-refractivity contribution in [1.29, 1.82) is 0 Å². The largest absolute Gasteiger partial charge is 0.481 e. The van der Waals surface area contributed by atoms with E-state index in [0.717, 1.165) is 0 Å². The average molecular weight is 184 g/mol. The molecule has 13 heavy (non-hydrogen) atoms. The Hall–Kier alpha value is -0.860. The molecule has 0 aromatic heterocycles. The van der Waals surface area contributed by atoms with Gasteiger partial charge in [0, 0.05) is 12.8 Å². The Labute approximate surface area is 78.1 Å². The number of carboxylic acids is 1. The Kier molecular flexibility index (Phi) is 2.46. The summed E-state index contributed by atoms with van der Waals surface area (Å²) in [4.78, 5) is 21.3. The van der Waals surface area contributed by atoms with E-state index in [1.54, 1.807) is 6.92 Å². The highest BCUT2D eigenvalue weighted by atomic mass is 16.4. The summed E-state index contributed by atoms with van der Waals surface area (Å²) >= 11 is 0. The fourth-order valence-electron chi connectivity index (χ4n) is 2.17. The molecule has 1 aliphatic rings. The molecule has 0 spiro atoms. The minimum absolute atomic E-state index is 0.0457. The predicted octanol–water partition coefficient (Wildman–Crippen LogP) is 1.71. The molecule has 0 bridgehead atoms. The van der Waals surface area contributed by atoms with Crippen LogP contribution in [0, 0.1) is 17.3 Å². The standard InChI is InChI=1S/C10H16O3/c1-6(11)4-7-8(5-9(12)13)10(7,2)3/h7-8H,4-5H2,1-3H3,(H,12,13). The molecule has 0 radical (unpaired) electrons. The van der Waals surface area contributed by atoms with Gasteiger partial charge in [-0.05, 0) is 24.2 Å². The first kappa shape index (κ1) is 10.2. The predicted molar refractivity (Wildman–Crippen MR) is 48.3 cm³/mol. The molecule has 0 amide bonds. The van der Waals surface area contributed by atoms with Crippen molar-refractivity contribution in [1.82, 2.24) is 0 Å². The minimum atomic E-state index is -0.760. The molecule has 0 aromatic carbocycles. The maximum absolute atomic E-state index is 10.9. The van der Waals surface area contributed by atoms with Gasteiger partial charge in [-0.1, -0.05) is 13.8 Å². The van der Waals surface area contributed by atoms with Gasteiger partial charge in [0.2, 0.25) is 0 Å². The quantitative estimate of drug-likeness (QED) is 0.723. The van der Waals surface area contributed by atoms with Gasteiger partial charge in [-0.25, -0.2) is 0 Å². The molecule has 1 N–H and O–H groups in total. The first-order valence-corrected chi connectivity index (χ1v) is 4.57. The number of hydrogen-bond donors (Lipinski definition) is 1. The van der Waals surface area contributed by atoms with Gasteiger partial charge in [0.25, 0.3) is 0 Å². The van der Waals surface area contributed by atoms with Crippen molar-refractivity contribution >= 4 is 11.8 Å². The fraction of sp³-hybridized carbons (Fsp3) is 0.800. The molecular weight excluding hydrogens is 168 g/mol. The molecular formula is C10H16O3. The first-order valence-electron chi connectivity index (χ1n) is 4.57. The second kappa shape index (κ2) is 3.13. The highest BCUT2D eigenvalue weighted by molar-refractivity contribution is 5.76. The summed E-state index contributed by atoms with van der Waals surface area (Å²) in [5.74, 6) is -0.134. The van der Waals surface area contributed by atoms with Crippen molar-refractivity contribution in [2.24, 2.45) is 17.3 Å². The third kappa shape index (κ3) is 2.08. The summed E-state index contributed by atoms with van der Waals surface area (Å²) in [5, 5.41) is 8.62. The maximum atomic E-state index is 10.9. The number of hydrogen-bond acceptors (Lipinski definition) is 2. The van der Waals surface area contributed by atoms with E-state index in [2.05, 4.69) is 0 Å². The van der Waals surface area contributed by atoms with Crippen molar-refractivity contribution in [2.75, 3.05) is 0 Å². The van der Waals surface area contributed by atoms with Gasteiger partial charge in [0.05, 0.1) is 0 Å². The van der Waals surface area contributed by atoms with Crippen LogP contribution in [0.25, 0.3) is 0 Å². The molecule has 2 unspecified atom stereocenters. The second-order valence-electron chi connectivity index (χ2n) is 4.54. The van der Waals surface area contributed by atoms with Crippen molar-refractivity contribution in [2.45, 2.75) is 33.6 Å². The van der Waals surface area contributed by atoms with E-state index in [1.807, 2.05) is 13.8 Å². The number of rotatable bonds is 4. The highest BCUT2D eigenvalue weighted by Crippen LogP contribution is 2.61. The van der Waals surface area contributed by atoms with E-state index in [9.17, 15) is 9.59 Å². The highest BCUT2D eigenvalue weighted by Gasteiger charge is 2.57. The van der Waals surface area contributed by atoms with Crippen LogP contribution in [0.5, 0.6) is 0 Å². The Balaban J connectivity index is 2.50. The molecule has 0 aromatic rings. The van der Waals surface area contributed by atoms with Gasteiger partial charge in [-0.2, -0.15) is 0 Å². The van der Waals surface area contributed by atoms with E-state index >= 15 is 0 Å².